The van der Waals surface area contributed by atoms with Gasteiger partial charge in [-0.15, -0.1) is 0 Å². The number of carbonyl (C=O) groups excluding carboxylic acids is 4. The van der Waals surface area contributed by atoms with E-state index in [-0.39, 0.29) is 34.3 Å². The molecule has 2 aliphatic rings. The third kappa shape index (κ3) is 4.15. The molecule has 1 aromatic rings. The van der Waals surface area contributed by atoms with Crippen molar-refractivity contribution in [2.75, 3.05) is 10.7 Å². The summed E-state index contributed by atoms with van der Waals surface area (Å²) in [4.78, 5) is 50.7. The molecule has 3 rings (SSSR count). The van der Waals surface area contributed by atoms with E-state index in [1.165, 1.54) is 12.1 Å². The summed E-state index contributed by atoms with van der Waals surface area (Å²) in [5, 5.41) is -0.236. The Labute approximate surface area is 172 Å². The van der Waals surface area contributed by atoms with Gasteiger partial charge in [0.05, 0.1) is 22.6 Å². The lowest BCUT2D eigenvalue weighted by molar-refractivity contribution is -0.144. The summed E-state index contributed by atoms with van der Waals surface area (Å²) >= 11 is 6.91. The number of esters is 1. The smallest absolute Gasteiger partial charge is 0.316 e. The lowest BCUT2D eigenvalue weighted by Gasteiger charge is -2.16. The normalized spacial score (nSPS) is 16.6. The van der Waals surface area contributed by atoms with Crippen molar-refractivity contribution in [3.63, 3.8) is 0 Å². The van der Waals surface area contributed by atoms with Crippen LogP contribution in [0, 0.1) is 0 Å². The predicted octanol–water partition coefficient (Wildman–Crippen LogP) is 3.91. The molecule has 0 saturated carbocycles. The third-order valence-electron chi connectivity index (χ3n) is 4.51. The molecule has 0 unspecified atom stereocenters. The highest BCUT2D eigenvalue weighted by molar-refractivity contribution is 8.14. The van der Waals surface area contributed by atoms with Crippen LogP contribution in [0.4, 0.5) is 5.69 Å². The number of thioether (sulfide) groups is 1. The quantitative estimate of drug-likeness (QED) is 0.529. The molecule has 0 atom stereocenters. The average molecular weight is 422 g/mol. The van der Waals surface area contributed by atoms with Gasteiger partial charge in [-0.25, -0.2) is 4.90 Å². The second kappa shape index (κ2) is 8.49. The van der Waals surface area contributed by atoms with E-state index in [0.29, 0.717) is 29.7 Å². The van der Waals surface area contributed by atoms with Crippen LogP contribution in [0.2, 0.25) is 5.02 Å². The lowest BCUT2D eigenvalue weighted by atomic mass is 9.93. The Hall–Kier alpha value is -2.12. The van der Waals surface area contributed by atoms with Crippen LogP contribution in [0.15, 0.2) is 29.3 Å². The maximum absolute atomic E-state index is 12.7. The van der Waals surface area contributed by atoms with Gasteiger partial charge in [-0.3, -0.25) is 19.2 Å². The fraction of sp³-hybridized carbons (Fsp3) is 0.400. The Bertz CT molecular complexity index is 865. The van der Waals surface area contributed by atoms with Gasteiger partial charge in [0.2, 0.25) is 5.12 Å². The van der Waals surface area contributed by atoms with Crippen molar-refractivity contribution in [3.8, 4) is 0 Å². The number of nitrogens with zero attached hydrogens (tertiary/aromatic N) is 1. The average Bonchev–Trinajstić information content (AvgIpc) is 2.91. The molecule has 0 saturated heterocycles. The lowest BCUT2D eigenvalue weighted by Crippen LogP contribution is -2.31. The molecule has 2 amide bonds. The first-order valence-corrected chi connectivity index (χ1v) is 10.4. The molecule has 6 nitrogen and oxygen atoms in total. The molecular formula is C20H20ClNO5S. The van der Waals surface area contributed by atoms with Crippen LogP contribution >= 0.6 is 23.4 Å². The van der Waals surface area contributed by atoms with Crippen molar-refractivity contribution in [2.24, 2.45) is 0 Å². The molecule has 0 bridgehead atoms. The van der Waals surface area contributed by atoms with Gasteiger partial charge < -0.3 is 4.74 Å². The number of anilines is 1. The van der Waals surface area contributed by atoms with Crippen LogP contribution in [-0.2, 0) is 19.1 Å². The second-order valence-electron chi connectivity index (χ2n) is 6.89. The molecule has 1 heterocycles. The minimum Gasteiger partial charge on any atom is -0.462 e. The Morgan fingerprint density at radius 1 is 1.14 bits per heavy atom. The second-order valence-corrected chi connectivity index (χ2v) is 8.24. The number of hydrogen-bond donors (Lipinski definition) is 0. The molecule has 1 aromatic carbocycles. The summed E-state index contributed by atoms with van der Waals surface area (Å²) in [6.45, 7) is 3.45. The SMILES string of the molecule is CC(C)OC(=O)CSC(=O)c1cc(N2C(=O)C3=C(CCCC3)C2=O)ccc1Cl. The number of carbonyl (C=O) groups is 4. The molecule has 8 heteroatoms. The van der Waals surface area contributed by atoms with Crippen molar-refractivity contribution >= 4 is 51.9 Å². The summed E-state index contributed by atoms with van der Waals surface area (Å²) in [5.41, 5.74) is 1.60. The number of hydrogen-bond acceptors (Lipinski definition) is 6. The summed E-state index contributed by atoms with van der Waals surface area (Å²) in [5.74, 6) is -1.29. The number of rotatable bonds is 5. The molecule has 1 aliphatic heterocycles. The number of benzene rings is 1. The van der Waals surface area contributed by atoms with E-state index in [0.717, 1.165) is 29.5 Å². The predicted molar refractivity (Wildman–Crippen MR) is 107 cm³/mol. The molecule has 148 valence electrons. The van der Waals surface area contributed by atoms with E-state index < -0.39 is 11.1 Å². The molecule has 0 fully saturated rings. The van der Waals surface area contributed by atoms with Crippen molar-refractivity contribution in [1.82, 2.24) is 0 Å². The van der Waals surface area contributed by atoms with Gasteiger partial charge >= 0.3 is 5.97 Å². The number of imide groups is 1. The van der Waals surface area contributed by atoms with E-state index in [1.54, 1.807) is 19.9 Å². The van der Waals surface area contributed by atoms with E-state index in [4.69, 9.17) is 16.3 Å². The number of amides is 2. The summed E-state index contributed by atoms with van der Waals surface area (Å²) < 4.78 is 5.01. The standard InChI is InChI=1S/C20H20ClNO5S/c1-11(2)27-17(23)10-28-20(26)15-9-12(7-8-16(15)21)22-18(24)13-5-3-4-6-14(13)19(22)25/h7-9,11H,3-6,10H2,1-2H3. The van der Waals surface area contributed by atoms with Gasteiger partial charge in [-0.1, -0.05) is 23.4 Å². The van der Waals surface area contributed by atoms with Crippen molar-refractivity contribution in [1.29, 1.82) is 0 Å². The van der Waals surface area contributed by atoms with Crippen molar-refractivity contribution in [3.05, 3.63) is 39.9 Å². The topological polar surface area (TPSA) is 80.8 Å². The highest BCUT2D eigenvalue weighted by atomic mass is 35.5. The van der Waals surface area contributed by atoms with Crippen LogP contribution in [0.5, 0.6) is 0 Å². The zero-order chi connectivity index (χ0) is 20.4. The molecule has 0 N–H and O–H groups in total. The Morgan fingerprint density at radius 2 is 1.75 bits per heavy atom. The summed E-state index contributed by atoms with van der Waals surface area (Å²) in [6.07, 6.45) is 2.71. The maximum atomic E-state index is 12.7. The first kappa shape index (κ1) is 20.6. The van der Waals surface area contributed by atoms with Gasteiger partial charge in [-0.2, -0.15) is 0 Å². The number of halogens is 1. The molecular weight excluding hydrogens is 402 g/mol. The van der Waals surface area contributed by atoms with Crippen LogP contribution < -0.4 is 4.90 Å². The molecule has 0 spiro atoms. The van der Waals surface area contributed by atoms with Crippen LogP contribution in [0.3, 0.4) is 0 Å². The fourth-order valence-electron chi connectivity index (χ4n) is 3.28. The van der Waals surface area contributed by atoms with Gasteiger partial charge in [0.25, 0.3) is 11.8 Å². The van der Waals surface area contributed by atoms with Crippen LogP contribution in [0.25, 0.3) is 0 Å². The largest absolute Gasteiger partial charge is 0.462 e. The van der Waals surface area contributed by atoms with E-state index in [9.17, 15) is 19.2 Å². The first-order chi connectivity index (χ1) is 13.3. The Morgan fingerprint density at radius 3 is 2.32 bits per heavy atom. The molecule has 1 aliphatic carbocycles. The summed E-state index contributed by atoms with van der Waals surface area (Å²) in [7, 11) is 0. The molecule has 28 heavy (non-hydrogen) atoms. The monoisotopic (exact) mass is 421 g/mol. The molecule has 0 radical (unpaired) electrons. The van der Waals surface area contributed by atoms with E-state index in [2.05, 4.69) is 0 Å². The van der Waals surface area contributed by atoms with Gasteiger partial charge in [-0.05, 0) is 57.7 Å². The Kier molecular flexibility index (Phi) is 6.25. The van der Waals surface area contributed by atoms with Gasteiger partial charge in [0.15, 0.2) is 0 Å². The van der Waals surface area contributed by atoms with Crippen molar-refractivity contribution < 1.29 is 23.9 Å². The zero-order valence-corrected chi connectivity index (χ0v) is 17.2. The zero-order valence-electron chi connectivity index (χ0n) is 15.6. The van der Waals surface area contributed by atoms with Gasteiger partial charge in [0.1, 0.15) is 0 Å². The van der Waals surface area contributed by atoms with Crippen LogP contribution in [-0.4, -0.2) is 34.8 Å². The number of ether oxygens (including phenoxy) is 1. The third-order valence-corrected chi connectivity index (χ3v) is 5.70. The fourth-order valence-corrected chi connectivity index (χ4v) is 4.18. The maximum Gasteiger partial charge on any atom is 0.316 e. The highest BCUT2D eigenvalue weighted by Crippen LogP contribution is 2.37. The van der Waals surface area contributed by atoms with Crippen molar-refractivity contribution in [2.45, 2.75) is 45.6 Å². The minimum atomic E-state index is -0.498. The van der Waals surface area contributed by atoms with E-state index in [1.807, 2.05) is 0 Å². The summed E-state index contributed by atoms with van der Waals surface area (Å²) in [6, 6.07) is 4.46. The highest BCUT2D eigenvalue weighted by Gasteiger charge is 2.39. The van der Waals surface area contributed by atoms with E-state index >= 15 is 0 Å². The van der Waals surface area contributed by atoms with Gasteiger partial charge in [0, 0.05) is 16.7 Å². The van der Waals surface area contributed by atoms with Crippen LogP contribution in [0.1, 0.15) is 49.9 Å². The minimum absolute atomic E-state index is 0.144. The molecule has 0 aromatic heterocycles. The Balaban J connectivity index is 1.79. The first-order valence-electron chi connectivity index (χ1n) is 9.06.